The molecule has 2 aromatic carbocycles. The Morgan fingerprint density at radius 1 is 1.15 bits per heavy atom. The van der Waals surface area contributed by atoms with Gasteiger partial charge in [0, 0.05) is 23.3 Å². The fourth-order valence-corrected chi connectivity index (χ4v) is 2.83. The standard InChI is InChI=1S/C15H16N2O2S/c1-2-16-15-12(7-6-10-14(15)17(18)19)11-20-13-8-4-3-5-9-13/h3-10,16H,2,11H2,1H3. The van der Waals surface area contributed by atoms with E-state index in [1.165, 1.54) is 6.07 Å². The topological polar surface area (TPSA) is 55.2 Å². The van der Waals surface area contributed by atoms with Gasteiger partial charge >= 0.3 is 0 Å². The molecule has 0 aliphatic rings. The van der Waals surface area contributed by atoms with E-state index < -0.39 is 0 Å². The first-order valence-corrected chi connectivity index (χ1v) is 7.39. The highest BCUT2D eigenvalue weighted by atomic mass is 32.2. The molecule has 0 aliphatic heterocycles. The maximum absolute atomic E-state index is 11.1. The largest absolute Gasteiger partial charge is 0.380 e. The Morgan fingerprint density at radius 3 is 2.55 bits per heavy atom. The van der Waals surface area contributed by atoms with Crippen molar-refractivity contribution < 1.29 is 4.92 Å². The highest BCUT2D eigenvalue weighted by Crippen LogP contribution is 2.32. The first-order valence-electron chi connectivity index (χ1n) is 6.40. The van der Waals surface area contributed by atoms with Gasteiger partial charge in [0.1, 0.15) is 5.69 Å². The molecule has 4 nitrogen and oxygen atoms in total. The smallest absolute Gasteiger partial charge is 0.292 e. The van der Waals surface area contributed by atoms with Crippen molar-refractivity contribution in [2.45, 2.75) is 17.6 Å². The summed E-state index contributed by atoms with van der Waals surface area (Å²) in [4.78, 5) is 11.9. The molecular formula is C15H16N2O2S. The third kappa shape index (κ3) is 3.51. The van der Waals surface area contributed by atoms with Gasteiger partial charge in [-0.05, 0) is 24.6 Å². The van der Waals surface area contributed by atoms with E-state index in [9.17, 15) is 10.1 Å². The molecule has 0 radical (unpaired) electrons. The van der Waals surface area contributed by atoms with Crippen LogP contribution < -0.4 is 5.32 Å². The van der Waals surface area contributed by atoms with Crippen molar-refractivity contribution in [2.24, 2.45) is 0 Å². The van der Waals surface area contributed by atoms with Gasteiger partial charge in [-0.25, -0.2) is 0 Å². The number of rotatable bonds is 6. The molecular weight excluding hydrogens is 272 g/mol. The van der Waals surface area contributed by atoms with E-state index in [0.717, 1.165) is 10.5 Å². The fourth-order valence-electron chi connectivity index (χ4n) is 1.92. The van der Waals surface area contributed by atoms with Crippen molar-refractivity contribution in [3.05, 3.63) is 64.2 Å². The van der Waals surface area contributed by atoms with E-state index >= 15 is 0 Å². The Balaban J connectivity index is 2.22. The molecule has 5 heteroatoms. The van der Waals surface area contributed by atoms with E-state index in [4.69, 9.17) is 0 Å². The van der Waals surface area contributed by atoms with Gasteiger partial charge in [-0.1, -0.05) is 30.3 Å². The van der Waals surface area contributed by atoms with Crippen LogP contribution in [0.5, 0.6) is 0 Å². The van der Waals surface area contributed by atoms with Gasteiger partial charge in [-0.15, -0.1) is 11.8 Å². The lowest BCUT2D eigenvalue weighted by atomic mass is 10.1. The molecule has 104 valence electrons. The van der Waals surface area contributed by atoms with Gasteiger partial charge in [-0.2, -0.15) is 0 Å². The zero-order chi connectivity index (χ0) is 14.4. The van der Waals surface area contributed by atoms with E-state index in [2.05, 4.69) is 5.32 Å². The number of nitrogens with zero attached hydrogens (tertiary/aromatic N) is 1. The Bertz CT molecular complexity index is 588. The normalized spacial score (nSPS) is 10.2. The van der Waals surface area contributed by atoms with Crippen LogP contribution in [0.4, 0.5) is 11.4 Å². The van der Waals surface area contributed by atoms with Crippen LogP contribution in [0.2, 0.25) is 0 Å². The number of nitrogens with one attached hydrogen (secondary N) is 1. The monoisotopic (exact) mass is 288 g/mol. The quantitative estimate of drug-likeness (QED) is 0.488. The van der Waals surface area contributed by atoms with Crippen LogP contribution in [0, 0.1) is 10.1 Å². The van der Waals surface area contributed by atoms with Crippen LogP contribution in [0.3, 0.4) is 0 Å². The minimum Gasteiger partial charge on any atom is -0.380 e. The summed E-state index contributed by atoms with van der Waals surface area (Å²) in [6, 6.07) is 15.2. The Labute approximate surface area is 122 Å². The maximum Gasteiger partial charge on any atom is 0.292 e. The number of para-hydroxylation sites is 1. The second-order valence-corrected chi connectivity index (χ2v) is 5.25. The van der Waals surface area contributed by atoms with E-state index in [1.54, 1.807) is 17.8 Å². The molecule has 1 N–H and O–H groups in total. The molecule has 2 aromatic rings. The van der Waals surface area contributed by atoms with Crippen LogP contribution in [0.1, 0.15) is 12.5 Å². The van der Waals surface area contributed by atoms with E-state index in [-0.39, 0.29) is 10.6 Å². The molecule has 0 aliphatic carbocycles. The summed E-state index contributed by atoms with van der Waals surface area (Å²) in [5.41, 5.74) is 1.72. The number of nitro benzene ring substituents is 1. The molecule has 0 saturated carbocycles. The highest BCUT2D eigenvalue weighted by molar-refractivity contribution is 7.98. The summed E-state index contributed by atoms with van der Waals surface area (Å²) in [5.74, 6) is 0.702. The van der Waals surface area contributed by atoms with Gasteiger partial charge in [0.05, 0.1) is 4.92 Å². The SMILES string of the molecule is CCNc1c(CSc2ccccc2)cccc1[N+](=O)[O-]. The summed E-state index contributed by atoms with van der Waals surface area (Å²) in [6.45, 7) is 2.60. The molecule has 0 heterocycles. The molecule has 0 unspecified atom stereocenters. The highest BCUT2D eigenvalue weighted by Gasteiger charge is 2.16. The van der Waals surface area contributed by atoms with Gasteiger partial charge in [0.2, 0.25) is 0 Å². The lowest BCUT2D eigenvalue weighted by Gasteiger charge is -2.11. The maximum atomic E-state index is 11.1. The molecule has 0 fully saturated rings. The summed E-state index contributed by atoms with van der Waals surface area (Å²) in [5, 5.41) is 14.2. The zero-order valence-electron chi connectivity index (χ0n) is 11.2. The van der Waals surface area contributed by atoms with E-state index in [0.29, 0.717) is 18.0 Å². The van der Waals surface area contributed by atoms with E-state index in [1.807, 2.05) is 43.3 Å². The van der Waals surface area contributed by atoms with Gasteiger partial charge in [-0.3, -0.25) is 10.1 Å². The Morgan fingerprint density at radius 2 is 1.90 bits per heavy atom. The summed E-state index contributed by atoms with van der Waals surface area (Å²) >= 11 is 1.67. The lowest BCUT2D eigenvalue weighted by molar-refractivity contribution is -0.384. The van der Waals surface area contributed by atoms with Crippen molar-refractivity contribution in [2.75, 3.05) is 11.9 Å². The third-order valence-corrected chi connectivity index (χ3v) is 3.88. The minimum absolute atomic E-state index is 0.137. The Kier molecular flexibility index (Phi) is 5.01. The van der Waals surface area contributed by atoms with Crippen LogP contribution in [-0.2, 0) is 5.75 Å². The predicted molar refractivity (Wildman–Crippen MR) is 83.3 cm³/mol. The van der Waals surface area contributed by atoms with Crippen LogP contribution in [-0.4, -0.2) is 11.5 Å². The third-order valence-electron chi connectivity index (χ3n) is 2.82. The lowest BCUT2D eigenvalue weighted by Crippen LogP contribution is -2.04. The molecule has 2 rings (SSSR count). The molecule has 0 saturated heterocycles. The first kappa shape index (κ1) is 14.4. The predicted octanol–water partition coefficient (Wildman–Crippen LogP) is 4.32. The molecule has 20 heavy (non-hydrogen) atoms. The van der Waals surface area contributed by atoms with Crippen LogP contribution >= 0.6 is 11.8 Å². The second-order valence-electron chi connectivity index (χ2n) is 4.20. The van der Waals surface area contributed by atoms with Gasteiger partial charge < -0.3 is 5.32 Å². The van der Waals surface area contributed by atoms with Gasteiger partial charge in [0.15, 0.2) is 0 Å². The average molecular weight is 288 g/mol. The molecule has 0 spiro atoms. The first-order chi connectivity index (χ1) is 9.72. The number of hydrogen-bond acceptors (Lipinski definition) is 4. The van der Waals surface area contributed by atoms with Gasteiger partial charge in [0.25, 0.3) is 5.69 Å². The average Bonchev–Trinajstić information content (AvgIpc) is 2.47. The van der Waals surface area contributed by atoms with Crippen molar-refractivity contribution in [3.8, 4) is 0 Å². The van der Waals surface area contributed by atoms with Crippen molar-refractivity contribution in [3.63, 3.8) is 0 Å². The summed E-state index contributed by atoms with van der Waals surface area (Å²) in [6.07, 6.45) is 0. The number of anilines is 1. The van der Waals surface area contributed by atoms with Crippen LogP contribution in [0.25, 0.3) is 0 Å². The number of nitro groups is 1. The Hall–Kier alpha value is -2.01. The number of benzene rings is 2. The van der Waals surface area contributed by atoms with Crippen molar-refractivity contribution >= 4 is 23.1 Å². The fraction of sp³-hybridized carbons (Fsp3) is 0.200. The van der Waals surface area contributed by atoms with Crippen LogP contribution in [0.15, 0.2) is 53.4 Å². The zero-order valence-corrected chi connectivity index (χ0v) is 12.0. The summed E-state index contributed by atoms with van der Waals surface area (Å²) in [7, 11) is 0. The van der Waals surface area contributed by atoms with Crippen molar-refractivity contribution in [1.82, 2.24) is 0 Å². The number of hydrogen-bond donors (Lipinski definition) is 1. The van der Waals surface area contributed by atoms with Crippen molar-refractivity contribution in [1.29, 1.82) is 0 Å². The molecule has 0 aromatic heterocycles. The second kappa shape index (κ2) is 6.96. The minimum atomic E-state index is -0.339. The molecule has 0 atom stereocenters. The molecule has 0 amide bonds. The summed E-state index contributed by atoms with van der Waals surface area (Å²) < 4.78 is 0. The molecule has 0 bridgehead atoms. The number of thioether (sulfide) groups is 1.